The highest BCUT2D eigenvalue weighted by molar-refractivity contribution is 7.92. The van der Waals surface area contributed by atoms with Gasteiger partial charge in [0.15, 0.2) is 0 Å². The minimum atomic E-state index is -3.69. The van der Waals surface area contributed by atoms with Crippen LogP contribution in [-0.2, 0) is 10.0 Å². The molecule has 106 valence electrons. The van der Waals surface area contributed by atoms with Crippen molar-refractivity contribution in [2.45, 2.75) is 17.9 Å². The Morgan fingerprint density at radius 1 is 1.15 bits per heavy atom. The maximum absolute atomic E-state index is 12.2. The summed E-state index contributed by atoms with van der Waals surface area (Å²) in [5, 5.41) is 10.0. The van der Waals surface area contributed by atoms with E-state index in [9.17, 15) is 13.5 Å². The van der Waals surface area contributed by atoms with Crippen molar-refractivity contribution < 1.29 is 13.5 Å². The van der Waals surface area contributed by atoms with Crippen LogP contribution in [0.5, 0.6) is 0 Å². The Kier molecular flexibility index (Phi) is 4.32. The monoisotopic (exact) mass is 311 g/mol. The van der Waals surface area contributed by atoms with Gasteiger partial charge < -0.3 is 5.11 Å². The maximum atomic E-state index is 12.2. The average Bonchev–Trinajstić information content (AvgIpc) is 2.41. The van der Waals surface area contributed by atoms with E-state index in [1.54, 1.807) is 43.3 Å². The topological polar surface area (TPSA) is 66.4 Å². The van der Waals surface area contributed by atoms with E-state index in [4.69, 9.17) is 11.6 Å². The van der Waals surface area contributed by atoms with Crippen molar-refractivity contribution in [3.8, 4) is 0 Å². The van der Waals surface area contributed by atoms with Crippen molar-refractivity contribution in [3.05, 3.63) is 59.1 Å². The summed E-state index contributed by atoms with van der Waals surface area (Å²) < 4.78 is 26.9. The van der Waals surface area contributed by atoms with Crippen LogP contribution in [0.1, 0.15) is 18.6 Å². The number of aliphatic hydroxyl groups is 1. The summed E-state index contributed by atoms with van der Waals surface area (Å²) in [6.07, 6.45) is -0.722. The zero-order valence-corrected chi connectivity index (χ0v) is 12.3. The van der Waals surface area contributed by atoms with Crippen LogP contribution in [0.2, 0.25) is 5.02 Å². The van der Waals surface area contributed by atoms with Gasteiger partial charge in [-0.25, -0.2) is 8.42 Å². The molecule has 0 aliphatic heterocycles. The molecule has 1 atom stereocenters. The third-order valence-electron chi connectivity index (χ3n) is 2.75. The molecule has 6 heteroatoms. The van der Waals surface area contributed by atoms with Crippen LogP contribution in [0.4, 0.5) is 5.69 Å². The molecule has 0 radical (unpaired) electrons. The highest BCUT2D eigenvalue weighted by atomic mass is 35.5. The van der Waals surface area contributed by atoms with Crippen molar-refractivity contribution in [2.24, 2.45) is 0 Å². The molecule has 2 aromatic carbocycles. The molecule has 2 N–H and O–H groups in total. The highest BCUT2D eigenvalue weighted by Crippen LogP contribution is 2.21. The minimum Gasteiger partial charge on any atom is -0.389 e. The van der Waals surface area contributed by atoms with E-state index in [0.717, 1.165) is 0 Å². The molecular formula is C14H14ClNO3S. The van der Waals surface area contributed by atoms with E-state index in [1.165, 1.54) is 12.1 Å². The van der Waals surface area contributed by atoms with Crippen molar-refractivity contribution in [3.63, 3.8) is 0 Å². The number of nitrogens with one attached hydrogen (secondary N) is 1. The number of hydrogen-bond donors (Lipinski definition) is 2. The summed E-state index contributed by atoms with van der Waals surface area (Å²) in [5.74, 6) is 0. The van der Waals surface area contributed by atoms with Gasteiger partial charge in [-0.15, -0.1) is 0 Å². The molecule has 1 unspecified atom stereocenters. The summed E-state index contributed by atoms with van der Waals surface area (Å²) in [4.78, 5) is 0.103. The predicted octanol–water partition coefficient (Wildman–Crippen LogP) is 3.19. The molecule has 0 aliphatic carbocycles. The number of rotatable bonds is 4. The fourth-order valence-corrected chi connectivity index (χ4v) is 2.91. The Labute approximate surface area is 123 Å². The van der Waals surface area contributed by atoms with Gasteiger partial charge in [-0.05, 0) is 48.9 Å². The average molecular weight is 312 g/mol. The summed E-state index contributed by atoms with van der Waals surface area (Å²) in [6, 6.07) is 12.6. The summed E-state index contributed by atoms with van der Waals surface area (Å²) in [6.45, 7) is 1.58. The van der Waals surface area contributed by atoms with Crippen LogP contribution in [0.3, 0.4) is 0 Å². The normalized spacial score (nSPS) is 12.9. The third-order valence-corrected chi connectivity index (χ3v) is 4.38. The number of hydrogen-bond acceptors (Lipinski definition) is 3. The molecule has 4 nitrogen and oxygen atoms in total. The fraction of sp³-hybridized carbons (Fsp3) is 0.143. The van der Waals surface area contributed by atoms with E-state index in [2.05, 4.69) is 4.72 Å². The predicted molar refractivity (Wildman–Crippen MR) is 79.3 cm³/mol. The molecule has 0 fully saturated rings. The lowest BCUT2D eigenvalue weighted by molar-refractivity contribution is 0.199. The van der Waals surface area contributed by atoms with Gasteiger partial charge in [-0.2, -0.15) is 0 Å². The first kappa shape index (κ1) is 14.8. The lowest BCUT2D eigenvalue weighted by Crippen LogP contribution is -2.13. The zero-order chi connectivity index (χ0) is 14.8. The van der Waals surface area contributed by atoms with Crippen molar-refractivity contribution in [2.75, 3.05) is 4.72 Å². The van der Waals surface area contributed by atoms with Gasteiger partial charge in [-0.3, -0.25) is 4.72 Å². The quantitative estimate of drug-likeness (QED) is 0.911. The smallest absolute Gasteiger partial charge is 0.261 e. The molecule has 0 amide bonds. The fourth-order valence-electron chi connectivity index (χ4n) is 1.67. The first-order valence-corrected chi connectivity index (χ1v) is 7.81. The second kappa shape index (κ2) is 5.83. The molecule has 0 heterocycles. The maximum Gasteiger partial charge on any atom is 0.261 e. The van der Waals surface area contributed by atoms with Crippen molar-refractivity contribution in [1.82, 2.24) is 0 Å². The first-order valence-electron chi connectivity index (χ1n) is 5.95. The molecule has 2 aromatic rings. The van der Waals surface area contributed by atoms with Crippen LogP contribution in [0, 0.1) is 0 Å². The molecule has 0 saturated carbocycles. The zero-order valence-electron chi connectivity index (χ0n) is 10.7. The van der Waals surface area contributed by atoms with Gasteiger partial charge in [0.1, 0.15) is 0 Å². The highest BCUT2D eigenvalue weighted by Gasteiger charge is 2.15. The molecule has 0 spiro atoms. The summed E-state index contributed by atoms with van der Waals surface area (Å²) in [7, 11) is -3.69. The van der Waals surface area contributed by atoms with Gasteiger partial charge >= 0.3 is 0 Å². The second-order valence-electron chi connectivity index (χ2n) is 4.36. The van der Waals surface area contributed by atoms with Crippen LogP contribution in [-0.4, -0.2) is 13.5 Å². The van der Waals surface area contributed by atoms with Gasteiger partial charge in [-0.1, -0.05) is 23.7 Å². The molecule has 2 rings (SSSR count). The number of sulfonamides is 1. The molecule has 0 aliphatic rings. The van der Waals surface area contributed by atoms with Crippen LogP contribution in [0.25, 0.3) is 0 Å². The molecule has 20 heavy (non-hydrogen) atoms. The second-order valence-corrected chi connectivity index (χ2v) is 6.48. The summed E-state index contributed by atoms with van der Waals surface area (Å²) >= 11 is 5.75. The molecule has 0 bridgehead atoms. The molecule has 0 aromatic heterocycles. The van der Waals surface area contributed by atoms with Crippen molar-refractivity contribution >= 4 is 27.3 Å². The van der Waals surface area contributed by atoms with E-state index in [0.29, 0.717) is 16.3 Å². The molecular weight excluding hydrogens is 298 g/mol. The minimum absolute atomic E-state index is 0.103. The Hall–Kier alpha value is -1.56. The summed E-state index contributed by atoms with van der Waals surface area (Å²) in [5.41, 5.74) is 0.973. The largest absolute Gasteiger partial charge is 0.389 e. The number of aliphatic hydroxyl groups excluding tert-OH is 1. The van der Waals surface area contributed by atoms with Gasteiger partial charge in [0, 0.05) is 10.7 Å². The van der Waals surface area contributed by atoms with Crippen LogP contribution < -0.4 is 4.72 Å². The standard InChI is InChI=1S/C14H14ClNO3S/c1-10(17)11-3-2-4-14(9-11)20(18,19)16-13-7-5-12(15)6-8-13/h2-10,16-17H,1H3. The Bertz CT molecular complexity index is 697. The lowest BCUT2D eigenvalue weighted by atomic mass is 10.1. The number of benzene rings is 2. The van der Waals surface area contributed by atoms with Gasteiger partial charge in [0.05, 0.1) is 11.0 Å². The Morgan fingerprint density at radius 2 is 1.80 bits per heavy atom. The lowest BCUT2D eigenvalue weighted by Gasteiger charge is -2.10. The van der Waals surface area contributed by atoms with E-state index >= 15 is 0 Å². The SMILES string of the molecule is CC(O)c1cccc(S(=O)(=O)Nc2ccc(Cl)cc2)c1. The third kappa shape index (κ3) is 3.50. The van der Waals surface area contributed by atoms with Crippen LogP contribution >= 0.6 is 11.6 Å². The van der Waals surface area contributed by atoms with E-state index in [1.807, 2.05) is 0 Å². The first-order chi connectivity index (χ1) is 9.38. The van der Waals surface area contributed by atoms with E-state index < -0.39 is 16.1 Å². The Morgan fingerprint density at radius 3 is 2.40 bits per heavy atom. The van der Waals surface area contributed by atoms with Crippen LogP contribution in [0.15, 0.2) is 53.4 Å². The van der Waals surface area contributed by atoms with Gasteiger partial charge in [0.25, 0.3) is 10.0 Å². The molecule has 0 saturated heterocycles. The Balaban J connectivity index is 2.30. The number of anilines is 1. The van der Waals surface area contributed by atoms with Crippen molar-refractivity contribution in [1.29, 1.82) is 0 Å². The number of halogens is 1. The van der Waals surface area contributed by atoms with E-state index in [-0.39, 0.29) is 4.90 Å². The van der Waals surface area contributed by atoms with Gasteiger partial charge in [0.2, 0.25) is 0 Å².